The number of carbonyl (C=O) groups excluding carboxylic acids is 1. The molecule has 0 radical (unpaired) electrons. The minimum Gasteiger partial charge on any atom is -0.351 e. The molecule has 1 saturated heterocycles. The Morgan fingerprint density at radius 2 is 2.40 bits per heavy atom. The quantitative estimate of drug-likeness (QED) is 0.750. The number of amides is 1. The van der Waals surface area contributed by atoms with Crippen LogP contribution in [-0.2, 0) is 4.79 Å². The van der Waals surface area contributed by atoms with Crippen LogP contribution in [0.1, 0.15) is 32.6 Å². The minimum atomic E-state index is 0.0506. The van der Waals surface area contributed by atoms with E-state index >= 15 is 0 Å². The van der Waals surface area contributed by atoms with Crippen LogP contribution in [0.3, 0.4) is 0 Å². The number of nitrogens with one attached hydrogen (secondary N) is 2. The molecule has 0 saturated carbocycles. The third-order valence-electron chi connectivity index (χ3n) is 2.83. The van der Waals surface area contributed by atoms with Crippen molar-refractivity contribution >= 4 is 17.7 Å². The highest BCUT2D eigenvalue weighted by Crippen LogP contribution is 2.08. The first-order valence-corrected chi connectivity index (χ1v) is 7.20. The first kappa shape index (κ1) is 12.8. The van der Waals surface area contributed by atoms with Gasteiger partial charge in [-0.3, -0.25) is 4.79 Å². The molecule has 0 aliphatic carbocycles. The van der Waals surface area contributed by atoms with Gasteiger partial charge in [-0.25, -0.2) is 0 Å². The van der Waals surface area contributed by atoms with Gasteiger partial charge in [0.25, 0.3) is 0 Å². The van der Waals surface area contributed by atoms with Crippen LogP contribution in [0, 0.1) is 0 Å². The summed E-state index contributed by atoms with van der Waals surface area (Å²) in [6.07, 6.45) is 6.45. The third kappa shape index (κ3) is 4.43. The van der Waals surface area contributed by atoms with Crippen molar-refractivity contribution in [1.29, 1.82) is 0 Å². The number of rotatable bonds is 5. The van der Waals surface area contributed by atoms with Gasteiger partial charge in [0, 0.05) is 11.8 Å². The number of thioether (sulfide) groups is 1. The predicted molar refractivity (Wildman–Crippen MR) is 66.2 cm³/mol. The largest absolute Gasteiger partial charge is 0.351 e. The van der Waals surface area contributed by atoms with E-state index in [0.717, 1.165) is 25.1 Å². The molecule has 1 amide bonds. The molecule has 4 heteroatoms. The van der Waals surface area contributed by atoms with Crippen molar-refractivity contribution in [3.8, 4) is 0 Å². The summed E-state index contributed by atoms with van der Waals surface area (Å²) in [5.41, 5.74) is 0. The van der Waals surface area contributed by atoms with Gasteiger partial charge in [0.1, 0.15) is 0 Å². The Labute approximate surface area is 96.8 Å². The standard InChI is InChI=1S/C11H22N2OS/c1-3-9(8-15-2)13-11(14)10-6-4-5-7-12-10/h9-10,12H,3-8H2,1-2H3,(H,13,14). The van der Waals surface area contributed by atoms with E-state index in [1.807, 2.05) is 0 Å². The molecule has 1 heterocycles. The average molecular weight is 230 g/mol. The SMILES string of the molecule is CCC(CSC)NC(=O)C1CCCCN1. The minimum absolute atomic E-state index is 0.0506. The van der Waals surface area contributed by atoms with Crippen LogP contribution in [0.25, 0.3) is 0 Å². The van der Waals surface area contributed by atoms with Crippen molar-refractivity contribution < 1.29 is 4.79 Å². The van der Waals surface area contributed by atoms with Crippen molar-refractivity contribution in [3.63, 3.8) is 0 Å². The highest BCUT2D eigenvalue weighted by Gasteiger charge is 2.21. The van der Waals surface area contributed by atoms with Crippen molar-refractivity contribution in [2.24, 2.45) is 0 Å². The highest BCUT2D eigenvalue weighted by molar-refractivity contribution is 7.98. The number of hydrogen-bond acceptors (Lipinski definition) is 3. The summed E-state index contributed by atoms with van der Waals surface area (Å²) in [4.78, 5) is 11.9. The maximum atomic E-state index is 11.9. The van der Waals surface area contributed by atoms with Crippen LogP contribution in [0.15, 0.2) is 0 Å². The van der Waals surface area contributed by atoms with E-state index in [4.69, 9.17) is 0 Å². The van der Waals surface area contributed by atoms with E-state index in [2.05, 4.69) is 23.8 Å². The van der Waals surface area contributed by atoms with E-state index < -0.39 is 0 Å². The van der Waals surface area contributed by atoms with Crippen LogP contribution < -0.4 is 10.6 Å². The summed E-state index contributed by atoms with van der Waals surface area (Å²) in [5, 5.41) is 6.39. The van der Waals surface area contributed by atoms with Gasteiger partial charge < -0.3 is 10.6 Å². The maximum absolute atomic E-state index is 11.9. The monoisotopic (exact) mass is 230 g/mol. The molecule has 1 fully saturated rings. The fourth-order valence-electron chi connectivity index (χ4n) is 1.84. The van der Waals surface area contributed by atoms with Gasteiger partial charge in [-0.2, -0.15) is 11.8 Å². The Balaban J connectivity index is 2.31. The molecule has 2 N–H and O–H groups in total. The normalized spacial score (nSPS) is 23.5. The topological polar surface area (TPSA) is 41.1 Å². The summed E-state index contributed by atoms with van der Waals surface area (Å²) < 4.78 is 0. The Morgan fingerprint density at radius 1 is 1.60 bits per heavy atom. The molecule has 88 valence electrons. The summed E-state index contributed by atoms with van der Waals surface area (Å²) >= 11 is 1.79. The van der Waals surface area contributed by atoms with Crippen LogP contribution in [0.4, 0.5) is 0 Å². The van der Waals surface area contributed by atoms with Crippen LogP contribution in [-0.4, -0.2) is 36.5 Å². The lowest BCUT2D eigenvalue weighted by Gasteiger charge is -2.25. The van der Waals surface area contributed by atoms with E-state index in [0.29, 0.717) is 6.04 Å². The molecule has 0 spiro atoms. The van der Waals surface area contributed by atoms with Gasteiger partial charge in [0.05, 0.1) is 6.04 Å². The smallest absolute Gasteiger partial charge is 0.237 e. The van der Waals surface area contributed by atoms with Gasteiger partial charge in [-0.05, 0) is 32.1 Å². The molecule has 2 atom stereocenters. The van der Waals surface area contributed by atoms with Gasteiger partial charge in [0.2, 0.25) is 5.91 Å². The van der Waals surface area contributed by atoms with Crippen LogP contribution in [0.2, 0.25) is 0 Å². The van der Waals surface area contributed by atoms with E-state index in [9.17, 15) is 4.79 Å². The van der Waals surface area contributed by atoms with E-state index in [1.165, 1.54) is 12.8 Å². The highest BCUT2D eigenvalue weighted by atomic mass is 32.2. The molecular formula is C11H22N2OS. The number of piperidine rings is 1. The molecule has 0 aromatic heterocycles. The summed E-state index contributed by atoms with van der Waals surface area (Å²) in [7, 11) is 0. The second-order valence-corrected chi connectivity index (χ2v) is 4.98. The number of hydrogen-bond donors (Lipinski definition) is 2. The number of carbonyl (C=O) groups is 1. The molecule has 1 rings (SSSR count). The zero-order valence-electron chi connectivity index (χ0n) is 9.71. The second kappa shape index (κ2) is 7.12. The fourth-order valence-corrected chi connectivity index (χ4v) is 2.56. The van der Waals surface area contributed by atoms with Crippen molar-refractivity contribution in [2.45, 2.75) is 44.7 Å². The lowest BCUT2D eigenvalue weighted by molar-refractivity contribution is -0.124. The molecule has 0 aromatic carbocycles. The van der Waals surface area contributed by atoms with Gasteiger partial charge in [0.15, 0.2) is 0 Å². The molecule has 1 aliphatic rings. The Bertz CT molecular complexity index is 193. The Morgan fingerprint density at radius 3 is 2.93 bits per heavy atom. The van der Waals surface area contributed by atoms with Crippen molar-refractivity contribution in [3.05, 3.63) is 0 Å². The third-order valence-corrected chi connectivity index (χ3v) is 3.57. The fraction of sp³-hybridized carbons (Fsp3) is 0.909. The summed E-state index contributed by atoms with van der Waals surface area (Å²) in [6.45, 7) is 3.10. The lowest BCUT2D eigenvalue weighted by Crippen LogP contribution is -2.50. The first-order chi connectivity index (χ1) is 7.27. The summed E-state index contributed by atoms with van der Waals surface area (Å²) in [6, 6.07) is 0.380. The summed E-state index contributed by atoms with van der Waals surface area (Å²) in [5.74, 6) is 1.20. The molecular weight excluding hydrogens is 208 g/mol. The van der Waals surface area contributed by atoms with E-state index in [1.54, 1.807) is 11.8 Å². The molecule has 15 heavy (non-hydrogen) atoms. The second-order valence-electron chi connectivity index (χ2n) is 4.07. The predicted octanol–water partition coefficient (Wildman–Crippen LogP) is 1.39. The zero-order chi connectivity index (χ0) is 11.1. The van der Waals surface area contributed by atoms with E-state index in [-0.39, 0.29) is 11.9 Å². The van der Waals surface area contributed by atoms with Crippen LogP contribution >= 0.6 is 11.8 Å². The first-order valence-electron chi connectivity index (χ1n) is 5.80. The maximum Gasteiger partial charge on any atom is 0.237 e. The Kier molecular flexibility index (Phi) is 6.10. The van der Waals surface area contributed by atoms with Crippen molar-refractivity contribution in [1.82, 2.24) is 10.6 Å². The molecule has 3 nitrogen and oxygen atoms in total. The van der Waals surface area contributed by atoms with Gasteiger partial charge >= 0.3 is 0 Å². The molecule has 1 aliphatic heterocycles. The average Bonchev–Trinajstić information content (AvgIpc) is 2.29. The van der Waals surface area contributed by atoms with Gasteiger partial charge in [-0.15, -0.1) is 0 Å². The van der Waals surface area contributed by atoms with Crippen molar-refractivity contribution in [2.75, 3.05) is 18.6 Å². The zero-order valence-corrected chi connectivity index (χ0v) is 10.5. The Hall–Kier alpha value is -0.220. The molecule has 0 aromatic rings. The lowest BCUT2D eigenvalue weighted by atomic mass is 10.0. The molecule has 0 bridgehead atoms. The molecule has 2 unspecified atom stereocenters. The van der Waals surface area contributed by atoms with Crippen LogP contribution in [0.5, 0.6) is 0 Å². The van der Waals surface area contributed by atoms with Gasteiger partial charge in [-0.1, -0.05) is 13.3 Å².